The van der Waals surface area contributed by atoms with Crippen molar-refractivity contribution in [3.05, 3.63) is 35.9 Å². The minimum atomic E-state index is -0.978. The van der Waals surface area contributed by atoms with Crippen LogP contribution in [0.3, 0.4) is 0 Å². The molecule has 18 heavy (non-hydrogen) atoms. The molecule has 1 unspecified atom stereocenters. The van der Waals surface area contributed by atoms with Crippen LogP contribution in [-0.4, -0.2) is 53.5 Å². The standard InChI is InChI=1S/C13H16N2O3/c1-14-7-11(10-5-3-2-4-6-10)15(9-13(17)18)12(16)8-14/h2-6,11H,7-9H2,1H3,(H,17,18). The Morgan fingerprint density at radius 2 is 2.06 bits per heavy atom. The van der Waals surface area contributed by atoms with E-state index in [1.807, 2.05) is 42.3 Å². The van der Waals surface area contributed by atoms with Crippen LogP contribution in [0.4, 0.5) is 0 Å². The van der Waals surface area contributed by atoms with Gasteiger partial charge in [0.15, 0.2) is 0 Å². The summed E-state index contributed by atoms with van der Waals surface area (Å²) in [6, 6.07) is 9.35. The van der Waals surface area contributed by atoms with Gasteiger partial charge >= 0.3 is 5.97 Å². The molecule has 0 saturated carbocycles. The summed E-state index contributed by atoms with van der Waals surface area (Å²) >= 11 is 0. The summed E-state index contributed by atoms with van der Waals surface area (Å²) in [4.78, 5) is 26.2. The van der Waals surface area contributed by atoms with Gasteiger partial charge in [-0.15, -0.1) is 0 Å². The maximum atomic E-state index is 11.9. The van der Waals surface area contributed by atoms with Gasteiger partial charge in [0.05, 0.1) is 12.6 Å². The Bertz CT molecular complexity index is 447. The largest absolute Gasteiger partial charge is 0.480 e. The molecule has 1 heterocycles. The van der Waals surface area contributed by atoms with E-state index in [2.05, 4.69) is 0 Å². The number of nitrogens with zero attached hydrogens (tertiary/aromatic N) is 2. The Hall–Kier alpha value is -1.88. The monoisotopic (exact) mass is 248 g/mol. The van der Waals surface area contributed by atoms with E-state index in [0.29, 0.717) is 6.54 Å². The molecule has 0 bridgehead atoms. The fourth-order valence-corrected chi connectivity index (χ4v) is 2.26. The van der Waals surface area contributed by atoms with Gasteiger partial charge in [0, 0.05) is 6.54 Å². The van der Waals surface area contributed by atoms with Gasteiger partial charge in [-0.2, -0.15) is 0 Å². The van der Waals surface area contributed by atoms with Crippen LogP contribution in [0.25, 0.3) is 0 Å². The van der Waals surface area contributed by atoms with Crippen LogP contribution in [-0.2, 0) is 9.59 Å². The number of hydrogen-bond acceptors (Lipinski definition) is 3. The lowest BCUT2D eigenvalue weighted by molar-refractivity contribution is -0.149. The molecule has 5 heteroatoms. The third-order valence-corrected chi connectivity index (χ3v) is 3.08. The van der Waals surface area contributed by atoms with Crippen LogP contribution in [0.1, 0.15) is 11.6 Å². The molecule has 96 valence electrons. The van der Waals surface area contributed by atoms with Crippen molar-refractivity contribution in [3.63, 3.8) is 0 Å². The number of piperazine rings is 1. The fourth-order valence-electron chi connectivity index (χ4n) is 2.26. The zero-order valence-electron chi connectivity index (χ0n) is 10.2. The van der Waals surface area contributed by atoms with E-state index in [1.165, 1.54) is 4.90 Å². The maximum Gasteiger partial charge on any atom is 0.323 e. The van der Waals surface area contributed by atoms with E-state index in [1.54, 1.807) is 0 Å². The fraction of sp³-hybridized carbons (Fsp3) is 0.385. The molecule has 1 aromatic carbocycles. The van der Waals surface area contributed by atoms with Crippen LogP contribution in [0.15, 0.2) is 30.3 Å². The third kappa shape index (κ3) is 2.68. The van der Waals surface area contributed by atoms with Crippen molar-refractivity contribution in [2.75, 3.05) is 26.7 Å². The maximum absolute atomic E-state index is 11.9. The molecule has 1 aromatic rings. The summed E-state index contributed by atoms with van der Waals surface area (Å²) in [5.41, 5.74) is 0.971. The van der Waals surface area contributed by atoms with Crippen molar-refractivity contribution in [2.24, 2.45) is 0 Å². The first-order valence-corrected chi connectivity index (χ1v) is 5.82. The third-order valence-electron chi connectivity index (χ3n) is 3.08. The van der Waals surface area contributed by atoms with Crippen molar-refractivity contribution < 1.29 is 14.7 Å². The second-order valence-corrected chi connectivity index (χ2v) is 4.54. The SMILES string of the molecule is CN1CC(=O)N(CC(=O)O)C(c2ccccc2)C1. The molecule has 1 aliphatic heterocycles. The number of benzene rings is 1. The summed E-state index contributed by atoms with van der Waals surface area (Å²) in [6.07, 6.45) is 0. The molecule has 1 amide bonds. The quantitative estimate of drug-likeness (QED) is 0.850. The van der Waals surface area contributed by atoms with E-state index in [0.717, 1.165) is 5.56 Å². The van der Waals surface area contributed by atoms with Gasteiger partial charge in [-0.25, -0.2) is 0 Å². The van der Waals surface area contributed by atoms with Crippen molar-refractivity contribution in [1.29, 1.82) is 0 Å². The first kappa shape index (κ1) is 12.6. The molecule has 1 aliphatic rings. The zero-order valence-corrected chi connectivity index (χ0v) is 10.2. The van der Waals surface area contributed by atoms with E-state index in [-0.39, 0.29) is 25.0 Å². The smallest absolute Gasteiger partial charge is 0.323 e. The Balaban J connectivity index is 2.27. The van der Waals surface area contributed by atoms with E-state index < -0.39 is 5.97 Å². The van der Waals surface area contributed by atoms with Gasteiger partial charge in [0.25, 0.3) is 0 Å². The van der Waals surface area contributed by atoms with Crippen LogP contribution < -0.4 is 0 Å². The number of likely N-dealkylation sites (N-methyl/N-ethyl adjacent to an activating group) is 1. The molecule has 0 aliphatic carbocycles. The molecule has 0 aromatic heterocycles. The first-order valence-electron chi connectivity index (χ1n) is 5.82. The number of carbonyl (C=O) groups excluding carboxylic acids is 1. The topological polar surface area (TPSA) is 60.9 Å². The van der Waals surface area contributed by atoms with Crippen LogP contribution in [0, 0.1) is 0 Å². The molecule has 5 nitrogen and oxygen atoms in total. The minimum absolute atomic E-state index is 0.139. The second kappa shape index (κ2) is 5.18. The highest BCUT2D eigenvalue weighted by molar-refractivity contribution is 5.83. The normalized spacial score (nSPS) is 21.1. The highest BCUT2D eigenvalue weighted by atomic mass is 16.4. The van der Waals surface area contributed by atoms with Gasteiger partial charge in [-0.3, -0.25) is 14.5 Å². The minimum Gasteiger partial charge on any atom is -0.480 e. The highest BCUT2D eigenvalue weighted by Gasteiger charge is 2.32. The number of carboxylic acid groups (broad SMARTS) is 1. The summed E-state index contributed by atoms with van der Waals surface area (Å²) in [5.74, 6) is -1.12. The van der Waals surface area contributed by atoms with Crippen LogP contribution in [0.5, 0.6) is 0 Å². The number of rotatable bonds is 3. The van der Waals surface area contributed by atoms with Crippen LogP contribution in [0.2, 0.25) is 0 Å². The van der Waals surface area contributed by atoms with Gasteiger partial charge in [0.1, 0.15) is 6.54 Å². The average molecular weight is 248 g/mol. The molecular formula is C13H16N2O3. The molecule has 1 atom stereocenters. The summed E-state index contributed by atoms with van der Waals surface area (Å²) in [6.45, 7) is 0.686. The molecule has 2 rings (SSSR count). The van der Waals surface area contributed by atoms with Crippen molar-refractivity contribution >= 4 is 11.9 Å². The lowest BCUT2D eigenvalue weighted by Crippen LogP contribution is -2.52. The molecule has 0 radical (unpaired) electrons. The summed E-state index contributed by atoms with van der Waals surface area (Å²) in [5, 5.41) is 8.91. The average Bonchev–Trinajstić information content (AvgIpc) is 2.33. The lowest BCUT2D eigenvalue weighted by Gasteiger charge is -2.39. The van der Waals surface area contributed by atoms with Crippen LogP contribution >= 0.6 is 0 Å². The summed E-state index contributed by atoms with van der Waals surface area (Å²) < 4.78 is 0. The molecule has 1 saturated heterocycles. The van der Waals surface area contributed by atoms with Gasteiger partial charge in [0.2, 0.25) is 5.91 Å². The predicted molar refractivity (Wildman–Crippen MR) is 66.0 cm³/mol. The number of aliphatic carboxylic acids is 1. The number of hydrogen-bond donors (Lipinski definition) is 1. The molecule has 1 N–H and O–H groups in total. The van der Waals surface area contributed by atoms with Gasteiger partial charge < -0.3 is 10.0 Å². The Morgan fingerprint density at radius 1 is 1.39 bits per heavy atom. The van der Waals surface area contributed by atoms with Crippen molar-refractivity contribution in [3.8, 4) is 0 Å². The zero-order chi connectivity index (χ0) is 13.1. The highest BCUT2D eigenvalue weighted by Crippen LogP contribution is 2.24. The van der Waals surface area contributed by atoms with E-state index in [9.17, 15) is 9.59 Å². The van der Waals surface area contributed by atoms with Gasteiger partial charge in [-0.05, 0) is 12.6 Å². The first-order chi connectivity index (χ1) is 8.58. The van der Waals surface area contributed by atoms with Gasteiger partial charge in [-0.1, -0.05) is 30.3 Å². The van der Waals surface area contributed by atoms with E-state index >= 15 is 0 Å². The van der Waals surface area contributed by atoms with Crippen molar-refractivity contribution in [1.82, 2.24) is 9.80 Å². The summed E-state index contributed by atoms with van der Waals surface area (Å²) in [7, 11) is 1.87. The van der Waals surface area contributed by atoms with E-state index in [4.69, 9.17) is 5.11 Å². The molecule has 1 fully saturated rings. The lowest BCUT2D eigenvalue weighted by atomic mass is 10.0. The Kier molecular flexibility index (Phi) is 3.62. The van der Waals surface area contributed by atoms with Crippen molar-refractivity contribution in [2.45, 2.75) is 6.04 Å². The predicted octanol–water partition coefficient (Wildman–Crippen LogP) is 0.586. The molecule has 0 spiro atoms. The number of carboxylic acids is 1. The number of amides is 1. The Morgan fingerprint density at radius 3 is 2.67 bits per heavy atom. The number of carbonyl (C=O) groups is 2. The molecular weight excluding hydrogens is 232 g/mol. The Labute approximate surface area is 106 Å². The second-order valence-electron chi connectivity index (χ2n) is 4.54.